The molecule has 0 bridgehead atoms. The molecule has 1 N–H and O–H groups in total. The lowest BCUT2D eigenvalue weighted by atomic mass is 10.1. The van der Waals surface area contributed by atoms with Gasteiger partial charge in [-0.25, -0.2) is 4.21 Å². The molecule has 0 saturated heterocycles. The predicted molar refractivity (Wildman–Crippen MR) is 54.1 cm³/mol. The van der Waals surface area contributed by atoms with Gasteiger partial charge in [-0.15, -0.1) is 0 Å². The first-order chi connectivity index (χ1) is 6.72. The third-order valence-corrected chi connectivity index (χ3v) is 3.26. The zero-order valence-corrected chi connectivity index (χ0v) is 8.76. The predicted octanol–water partition coefficient (Wildman–Crippen LogP) is 1.76. The fraction of sp³-hybridized carbons (Fsp3) is 0.400. The second-order valence-electron chi connectivity index (χ2n) is 3.37. The van der Waals surface area contributed by atoms with Gasteiger partial charge in [0.25, 0.3) is 0 Å². The zero-order chi connectivity index (χ0) is 10.1. The minimum atomic E-state index is -1.96. The molecule has 0 aromatic heterocycles. The maximum absolute atomic E-state index is 11.0. The Kier molecular flexibility index (Phi) is 2.56. The van der Waals surface area contributed by atoms with E-state index in [0.717, 1.165) is 19.3 Å². The van der Waals surface area contributed by atoms with E-state index in [4.69, 9.17) is 9.29 Å². The van der Waals surface area contributed by atoms with E-state index in [-0.39, 0.29) is 0 Å². The molecule has 2 rings (SSSR count). The van der Waals surface area contributed by atoms with Gasteiger partial charge in [-0.3, -0.25) is 0 Å². The lowest BCUT2D eigenvalue weighted by molar-refractivity contribution is 0.401. The molecule has 0 fully saturated rings. The number of rotatable bonds is 2. The minimum Gasteiger partial charge on any atom is -0.495 e. The summed E-state index contributed by atoms with van der Waals surface area (Å²) in [6.45, 7) is 0. The fourth-order valence-corrected chi connectivity index (χ4v) is 2.43. The van der Waals surface area contributed by atoms with E-state index in [9.17, 15) is 4.21 Å². The number of hydrogen-bond donors (Lipinski definition) is 1. The van der Waals surface area contributed by atoms with E-state index in [1.165, 1.54) is 18.2 Å². The van der Waals surface area contributed by atoms with Crippen molar-refractivity contribution in [3.8, 4) is 5.75 Å². The van der Waals surface area contributed by atoms with Crippen LogP contribution in [0.1, 0.15) is 17.5 Å². The number of ether oxygens (including phenoxy) is 1. The standard InChI is InChI=1S/C10H12O3S/c1-13-9-5-7-3-2-4-8(7)6-10(9)14(11)12/h5-6H,2-4H2,1H3,(H,11,12). The Balaban J connectivity index is 2.54. The molecule has 0 heterocycles. The first-order valence-electron chi connectivity index (χ1n) is 4.53. The van der Waals surface area contributed by atoms with Gasteiger partial charge in [0.05, 0.1) is 7.11 Å². The van der Waals surface area contributed by atoms with Crippen molar-refractivity contribution < 1.29 is 13.5 Å². The molecule has 1 unspecified atom stereocenters. The Bertz CT molecular complexity index is 387. The molecule has 0 saturated carbocycles. The molecular weight excluding hydrogens is 200 g/mol. The minimum absolute atomic E-state index is 0.383. The average Bonchev–Trinajstić information content (AvgIpc) is 2.62. The largest absolute Gasteiger partial charge is 0.495 e. The van der Waals surface area contributed by atoms with Crippen LogP contribution in [0.15, 0.2) is 17.0 Å². The van der Waals surface area contributed by atoms with Crippen molar-refractivity contribution in [2.45, 2.75) is 24.2 Å². The number of fused-ring (bicyclic) bond motifs is 1. The summed E-state index contributed by atoms with van der Waals surface area (Å²) < 4.78 is 25.1. The third-order valence-electron chi connectivity index (χ3n) is 2.57. The van der Waals surface area contributed by atoms with Crippen LogP contribution in [0.3, 0.4) is 0 Å². The van der Waals surface area contributed by atoms with Crippen molar-refractivity contribution >= 4 is 11.1 Å². The highest BCUT2D eigenvalue weighted by molar-refractivity contribution is 7.79. The lowest BCUT2D eigenvalue weighted by Crippen LogP contribution is -1.97. The van der Waals surface area contributed by atoms with E-state index in [2.05, 4.69) is 0 Å². The van der Waals surface area contributed by atoms with Crippen LogP contribution in [0.4, 0.5) is 0 Å². The van der Waals surface area contributed by atoms with Gasteiger partial charge in [0.1, 0.15) is 10.6 Å². The zero-order valence-electron chi connectivity index (χ0n) is 7.95. The van der Waals surface area contributed by atoms with Crippen molar-refractivity contribution in [3.63, 3.8) is 0 Å². The summed E-state index contributed by atoms with van der Waals surface area (Å²) in [4.78, 5) is 0.383. The summed E-state index contributed by atoms with van der Waals surface area (Å²) in [5.41, 5.74) is 2.43. The number of benzene rings is 1. The smallest absolute Gasteiger partial charge is 0.190 e. The topological polar surface area (TPSA) is 46.5 Å². The van der Waals surface area contributed by atoms with Gasteiger partial charge in [-0.05, 0) is 42.5 Å². The lowest BCUT2D eigenvalue weighted by Gasteiger charge is -2.08. The normalized spacial score (nSPS) is 16.4. The van der Waals surface area contributed by atoms with E-state index >= 15 is 0 Å². The molecule has 1 aliphatic carbocycles. The highest BCUT2D eigenvalue weighted by Gasteiger charge is 2.17. The average molecular weight is 212 g/mol. The molecular formula is C10H12O3S. The summed E-state index contributed by atoms with van der Waals surface area (Å²) >= 11 is -1.96. The van der Waals surface area contributed by atoms with E-state index in [1.807, 2.05) is 6.07 Å². The van der Waals surface area contributed by atoms with Gasteiger partial charge in [-0.2, -0.15) is 0 Å². The van der Waals surface area contributed by atoms with Crippen molar-refractivity contribution in [2.24, 2.45) is 0 Å². The summed E-state index contributed by atoms with van der Waals surface area (Å²) in [6.07, 6.45) is 3.17. The molecule has 14 heavy (non-hydrogen) atoms. The highest BCUT2D eigenvalue weighted by Crippen LogP contribution is 2.31. The number of hydrogen-bond acceptors (Lipinski definition) is 2. The van der Waals surface area contributed by atoms with Crippen molar-refractivity contribution in [3.05, 3.63) is 23.3 Å². The molecule has 1 aliphatic rings. The molecule has 0 aliphatic heterocycles. The Morgan fingerprint density at radius 3 is 2.57 bits per heavy atom. The van der Waals surface area contributed by atoms with Gasteiger partial charge in [0.15, 0.2) is 11.1 Å². The van der Waals surface area contributed by atoms with E-state index < -0.39 is 11.1 Å². The van der Waals surface area contributed by atoms with Gasteiger partial charge >= 0.3 is 0 Å². The maximum atomic E-state index is 11.0. The van der Waals surface area contributed by atoms with Gasteiger partial charge in [0, 0.05) is 0 Å². The van der Waals surface area contributed by atoms with Crippen LogP contribution >= 0.6 is 0 Å². The second-order valence-corrected chi connectivity index (χ2v) is 4.31. The van der Waals surface area contributed by atoms with Crippen LogP contribution in [-0.2, 0) is 23.9 Å². The summed E-state index contributed by atoms with van der Waals surface area (Å²) in [6, 6.07) is 3.67. The van der Waals surface area contributed by atoms with Gasteiger partial charge < -0.3 is 9.29 Å². The molecule has 0 radical (unpaired) electrons. The van der Waals surface area contributed by atoms with Crippen LogP contribution in [0.2, 0.25) is 0 Å². The summed E-state index contributed by atoms with van der Waals surface area (Å²) in [5.74, 6) is 0.520. The Morgan fingerprint density at radius 2 is 2.00 bits per heavy atom. The van der Waals surface area contributed by atoms with Crippen LogP contribution in [0.25, 0.3) is 0 Å². The molecule has 0 spiro atoms. The summed E-state index contributed by atoms with van der Waals surface area (Å²) in [7, 11) is 1.52. The molecule has 1 aromatic rings. The van der Waals surface area contributed by atoms with Crippen molar-refractivity contribution in [2.75, 3.05) is 7.11 Å². The molecule has 3 nitrogen and oxygen atoms in total. The maximum Gasteiger partial charge on any atom is 0.190 e. The van der Waals surface area contributed by atoms with Crippen LogP contribution in [0.5, 0.6) is 5.75 Å². The SMILES string of the molecule is COc1cc2c(cc1S(=O)O)CCC2. The van der Waals surface area contributed by atoms with E-state index in [0.29, 0.717) is 10.6 Å². The molecule has 1 aromatic carbocycles. The van der Waals surface area contributed by atoms with Crippen LogP contribution in [-0.4, -0.2) is 15.9 Å². The fourth-order valence-electron chi connectivity index (χ4n) is 1.87. The first-order valence-corrected chi connectivity index (χ1v) is 5.63. The molecule has 76 valence electrons. The van der Waals surface area contributed by atoms with Crippen LogP contribution < -0.4 is 4.74 Å². The van der Waals surface area contributed by atoms with Gasteiger partial charge in [-0.1, -0.05) is 0 Å². The van der Waals surface area contributed by atoms with Crippen molar-refractivity contribution in [1.82, 2.24) is 0 Å². The number of aryl methyl sites for hydroxylation is 2. The quantitative estimate of drug-likeness (QED) is 0.760. The van der Waals surface area contributed by atoms with Crippen molar-refractivity contribution in [1.29, 1.82) is 0 Å². The van der Waals surface area contributed by atoms with E-state index in [1.54, 1.807) is 6.07 Å². The molecule has 1 atom stereocenters. The highest BCUT2D eigenvalue weighted by atomic mass is 32.2. The third kappa shape index (κ3) is 1.55. The molecule has 0 amide bonds. The second kappa shape index (κ2) is 3.71. The van der Waals surface area contributed by atoms with Gasteiger partial charge in [0.2, 0.25) is 0 Å². The Morgan fingerprint density at radius 1 is 1.36 bits per heavy atom. The Hall–Kier alpha value is -0.870. The molecule has 4 heteroatoms. The number of methoxy groups -OCH3 is 1. The summed E-state index contributed by atoms with van der Waals surface area (Å²) in [5, 5.41) is 0. The Labute approximate surface area is 85.4 Å². The monoisotopic (exact) mass is 212 g/mol. The van der Waals surface area contributed by atoms with Crippen LogP contribution in [0, 0.1) is 0 Å². The first kappa shape index (κ1) is 9.68.